The summed E-state index contributed by atoms with van der Waals surface area (Å²) >= 11 is 0. The van der Waals surface area contributed by atoms with Gasteiger partial charge in [0, 0.05) is 17.7 Å². The van der Waals surface area contributed by atoms with Crippen molar-refractivity contribution in [1.82, 2.24) is 5.32 Å². The van der Waals surface area contributed by atoms with Crippen LogP contribution in [-0.2, 0) is 6.54 Å². The lowest BCUT2D eigenvalue weighted by atomic mass is 10.1. The molecule has 2 nitrogen and oxygen atoms in total. The fourth-order valence-corrected chi connectivity index (χ4v) is 1.57. The Hall–Kier alpha value is -2.30. The van der Waals surface area contributed by atoms with E-state index in [0.717, 1.165) is 24.3 Å². The van der Waals surface area contributed by atoms with Gasteiger partial charge in [-0.25, -0.2) is 13.2 Å². The second-order valence-corrected chi connectivity index (χ2v) is 3.89. The number of benzene rings is 2. The maximum Gasteiger partial charge on any atom is 0.251 e. The number of amides is 1. The zero-order valence-corrected chi connectivity index (χ0v) is 9.79. The summed E-state index contributed by atoms with van der Waals surface area (Å²) in [6.45, 7) is -0.269. The minimum absolute atomic E-state index is 0.210. The zero-order valence-electron chi connectivity index (χ0n) is 9.79. The summed E-state index contributed by atoms with van der Waals surface area (Å²) in [4.78, 5) is 11.7. The molecule has 0 atom stereocenters. The van der Waals surface area contributed by atoms with E-state index in [4.69, 9.17) is 0 Å². The molecule has 98 valence electrons. The first-order valence-corrected chi connectivity index (χ1v) is 5.54. The molecule has 2 aromatic rings. The van der Waals surface area contributed by atoms with Gasteiger partial charge in [-0.1, -0.05) is 6.07 Å². The molecule has 1 amide bonds. The molecule has 0 saturated heterocycles. The van der Waals surface area contributed by atoms with E-state index in [2.05, 4.69) is 5.32 Å². The summed E-state index contributed by atoms with van der Waals surface area (Å²) in [5.41, 5.74) is 0.0103. The number of rotatable bonds is 3. The third-order valence-corrected chi connectivity index (χ3v) is 2.59. The zero-order chi connectivity index (χ0) is 13.8. The highest BCUT2D eigenvalue weighted by Gasteiger charge is 2.10. The van der Waals surface area contributed by atoms with Gasteiger partial charge in [-0.05, 0) is 36.4 Å². The van der Waals surface area contributed by atoms with Gasteiger partial charge >= 0.3 is 0 Å². The molecule has 0 aliphatic rings. The molecule has 0 saturated carbocycles. The van der Waals surface area contributed by atoms with Crippen molar-refractivity contribution in [2.45, 2.75) is 6.54 Å². The van der Waals surface area contributed by atoms with E-state index in [9.17, 15) is 18.0 Å². The monoisotopic (exact) mass is 265 g/mol. The number of carbonyl (C=O) groups excluding carboxylic acids is 1. The summed E-state index contributed by atoms with van der Waals surface area (Å²) < 4.78 is 39.3. The molecular formula is C14H10F3NO. The smallest absolute Gasteiger partial charge is 0.251 e. The third-order valence-electron chi connectivity index (χ3n) is 2.59. The lowest BCUT2D eigenvalue weighted by molar-refractivity contribution is 0.0950. The molecule has 0 fully saturated rings. The maximum atomic E-state index is 13.3. The fourth-order valence-electron chi connectivity index (χ4n) is 1.57. The van der Waals surface area contributed by atoms with Crippen LogP contribution in [0.5, 0.6) is 0 Å². The fraction of sp³-hybridized carbons (Fsp3) is 0.0714. The van der Waals surface area contributed by atoms with Gasteiger partial charge in [-0.3, -0.25) is 4.79 Å². The molecule has 0 radical (unpaired) electrons. The first kappa shape index (κ1) is 13.1. The van der Waals surface area contributed by atoms with Crippen molar-refractivity contribution in [3.8, 4) is 0 Å². The van der Waals surface area contributed by atoms with E-state index in [1.165, 1.54) is 18.2 Å². The van der Waals surface area contributed by atoms with Crippen LogP contribution in [0.3, 0.4) is 0 Å². The van der Waals surface area contributed by atoms with Crippen molar-refractivity contribution in [2.75, 3.05) is 0 Å². The number of carbonyl (C=O) groups is 1. The molecule has 0 spiro atoms. The molecule has 1 N–H and O–H groups in total. The summed E-state index contributed by atoms with van der Waals surface area (Å²) in [6.07, 6.45) is 0. The topological polar surface area (TPSA) is 29.1 Å². The van der Waals surface area contributed by atoms with Gasteiger partial charge in [0.15, 0.2) is 0 Å². The molecule has 19 heavy (non-hydrogen) atoms. The third kappa shape index (κ3) is 3.13. The highest BCUT2D eigenvalue weighted by atomic mass is 19.1. The van der Waals surface area contributed by atoms with E-state index in [-0.39, 0.29) is 17.7 Å². The number of halogens is 3. The van der Waals surface area contributed by atoms with E-state index in [0.29, 0.717) is 0 Å². The number of hydrogen-bond donors (Lipinski definition) is 1. The lowest BCUT2D eigenvalue weighted by Crippen LogP contribution is -2.23. The molecule has 2 rings (SSSR count). The van der Waals surface area contributed by atoms with Crippen molar-refractivity contribution in [3.05, 3.63) is 71.0 Å². The van der Waals surface area contributed by atoms with Crippen molar-refractivity contribution in [1.29, 1.82) is 0 Å². The molecule has 0 aliphatic carbocycles. The van der Waals surface area contributed by atoms with Crippen molar-refractivity contribution < 1.29 is 18.0 Å². The standard InChI is InChI=1S/C14H10F3NO/c15-10-6-4-9(5-7-10)14(19)18-8-11-12(16)2-1-3-13(11)17/h1-7H,8H2,(H,18,19). The molecule has 5 heteroatoms. The van der Waals surface area contributed by atoms with Crippen molar-refractivity contribution in [3.63, 3.8) is 0 Å². The van der Waals surface area contributed by atoms with Crippen LogP contribution in [0.15, 0.2) is 42.5 Å². The molecule has 0 bridgehead atoms. The van der Waals surface area contributed by atoms with E-state index < -0.39 is 23.4 Å². The van der Waals surface area contributed by atoms with Crippen LogP contribution < -0.4 is 5.32 Å². The van der Waals surface area contributed by atoms with Gasteiger partial charge in [0.2, 0.25) is 0 Å². The number of nitrogens with one attached hydrogen (secondary N) is 1. The van der Waals surface area contributed by atoms with Crippen LogP contribution >= 0.6 is 0 Å². The van der Waals surface area contributed by atoms with Crippen LogP contribution in [0.25, 0.3) is 0 Å². The van der Waals surface area contributed by atoms with Crippen LogP contribution in [0, 0.1) is 17.5 Å². The van der Waals surface area contributed by atoms with E-state index >= 15 is 0 Å². The predicted octanol–water partition coefficient (Wildman–Crippen LogP) is 3.03. The average molecular weight is 265 g/mol. The summed E-state index contributed by atoms with van der Waals surface area (Å²) in [5, 5.41) is 2.37. The van der Waals surface area contributed by atoms with Gasteiger partial charge < -0.3 is 5.32 Å². The summed E-state index contributed by atoms with van der Waals surface area (Å²) in [7, 11) is 0. The van der Waals surface area contributed by atoms with E-state index in [1.54, 1.807) is 0 Å². The average Bonchev–Trinajstić information content (AvgIpc) is 2.38. The van der Waals surface area contributed by atoms with Crippen LogP contribution in [0.1, 0.15) is 15.9 Å². The van der Waals surface area contributed by atoms with Gasteiger partial charge in [-0.15, -0.1) is 0 Å². The first-order chi connectivity index (χ1) is 9.08. The van der Waals surface area contributed by atoms with Crippen LogP contribution in [0.4, 0.5) is 13.2 Å². The second-order valence-electron chi connectivity index (χ2n) is 3.89. The van der Waals surface area contributed by atoms with Crippen LogP contribution in [-0.4, -0.2) is 5.91 Å². The highest BCUT2D eigenvalue weighted by molar-refractivity contribution is 5.94. The molecule has 0 heterocycles. The Balaban J connectivity index is 2.06. The quantitative estimate of drug-likeness (QED) is 0.908. The number of hydrogen-bond acceptors (Lipinski definition) is 1. The van der Waals surface area contributed by atoms with Crippen molar-refractivity contribution >= 4 is 5.91 Å². The van der Waals surface area contributed by atoms with E-state index in [1.807, 2.05) is 0 Å². The summed E-state index contributed by atoms with van der Waals surface area (Å²) in [5.74, 6) is -2.43. The maximum absolute atomic E-state index is 13.3. The minimum atomic E-state index is -0.723. The van der Waals surface area contributed by atoms with Gasteiger partial charge in [0.1, 0.15) is 17.5 Å². The van der Waals surface area contributed by atoms with Gasteiger partial charge in [0.05, 0.1) is 0 Å². The molecule has 0 aromatic heterocycles. The Bertz CT molecular complexity index is 576. The molecular weight excluding hydrogens is 255 g/mol. The predicted molar refractivity (Wildman–Crippen MR) is 63.9 cm³/mol. The molecule has 0 aliphatic heterocycles. The highest BCUT2D eigenvalue weighted by Crippen LogP contribution is 2.12. The van der Waals surface area contributed by atoms with Crippen molar-refractivity contribution in [2.24, 2.45) is 0 Å². The van der Waals surface area contributed by atoms with Gasteiger partial charge in [0.25, 0.3) is 5.91 Å². The Morgan fingerprint density at radius 3 is 2.11 bits per heavy atom. The molecule has 0 unspecified atom stereocenters. The molecule has 2 aromatic carbocycles. The Morgan fingerprint density at radius 1 is 0.947 bits per heavy atom. The Kier molecular flexibility index (Phi) is 3.85. The Morgan fingerprint density at radius 2 is 1.53 bits per heavy atom. The minimum Gasteiger partial charge on any atom is -0.348 e. The second kappa shape index (κ2) is 5.56. The summed E-state index contributed by atoms with van der Waals surface area (Å²) in [6, 6.07) is 8.34. The largest absolute Gasteiger partial charge is 0.348 e. The normalized spacial score (nSPS) is 10.3. The SMILES string of the molecule is O=C(NCc1c(F)cccc1F)c1ccc(F)cc1. The lowest BCUT2D eigenvalue weighted by Gasteiger charge is -2.07. The van der Waals surface area contributed by atoms with Gasteiger partial charge in [-0.2, -0.15) is 0 Å². The Labute approximate surface area is 107 Å². The van der Waals surface area contributed by atoms with Crippen LogP contribution in [0.2, 0.25) is 0 Å². The first-order valence-electron chi connectivity index (χ1n) is 5.54.